The molecule has 128 valence electrons. The van der Waals surface area contributed by atoms with Crippen LogP contribution in [0.15, 0.2) is 18.2 Å². The van der Waals surface area contributed by atoms with E-state index in [0.29, 0.717) is 23.0 Å². The highest BCUT2D eigenvalue weighted by atomic mass is 35.5. The lowest BCUT2D eigenvalue weighted by atomic mass is 10.1. The zero-order valence-electron chi connectivity index (χ0n) is 14.0. The van der Waals surface area contributed by atoms with Gasteiger partial charge in [-0.2, -0.15) is 0 Å². The lowest BCUT2D eigenvalue weighted by Gasteiger charge is -2.28. The van der Waals surface area contributed by atoms with Gasteiger partial charge in [0.2, 0.25) is 5.91 Å². The van der Waals surface area contributed by atoms with Crippen LogP contribution in [0.3, 0.4) is 0 Å². The van der Waals surface area contributed by atoms with Crippen LogP contribution in [0.5, 0.6) is 5.75 Å². The molecule has 1 fully saturated rings. The normalized spacial score (nSPS) is 15.7. The Morgan fingerprint density at radius 1 is 1.35 bits per heavy atom. The van der Waals surface area contributed by atoms with Gasteiger partial charge in [-0.1, -0.05) is 18.0 Å². The smallest absolute Gasteiger partial charge is 0.238 e. The maximum absolute atomic E-state index is 12.2. The third-order valence-corrected chi connectivity index (χ3v) is 4.33. The average molecular weight is 340 g/mol. The molecule has 1 aromatic rings. The molecule has 1 saturated heterocycles. The summed E-state index contributed by atoms with van der Waals surface area (Å²) in [6.45, 7) is 4.62. The van der Waals surface area contributed by atoms with Gasteiger partial charge >= 0.3 is 0 Å². The second-order valence-corrected chi connectivity index (χ2v) is 6.47. The Hall–Kier alpha value is -1.30. The summed E-state index contributed by atoms with van der Waals surface area (Å²) in [5.41, 5.74) is 0.606. The molecular formula is C17H26ClN3O2. The quantitative estimate of drug-likeness (QED) is 0.829. The maximum Gasteiger partial charge on any atom is 0.238 e. The van der Waals surface area contributed by atoms with Crippen molar-refractivity contribution in [2.45, 2.75) is 19.3 Å². The second kappa shape index (κ2) is 9.11. The van der Waals surface area contributed by atoms with Crippen LogP contribution >= 0.6 is 11.6 Å². The van der Waals surface area contributed by atoms with E-state index in [2.05, 4.69) is 10.2 Å². The van der Waals surface area contributed by atoms with Crippen LogP contribution in [-0.2, 0) is 4.79 Å². The minimum Gasteiger partial charge on any atom is -0.495 e. The number of amides is 1. The van der Waals surface area contributed by atoms with Gasteiger partial charge in [-0.25, -0.2) is 0 Å². The fourth-order valence-corrected chi connectivity index (χ4v) is 2.96. The number of piperidine rings is 1. The zero-order chi connectivity index (χ0) is 16.7. The monoisotopic (exact) mass is 339 g/mol. The zero-order valence-corrected chi connectivity index (χ0v) is 14.7. The molecule has 0 saturated carbocycles. The van der Waals surface area contributed by atoms with Gasteiger partial charge in [0.05, 0.1) is 19.3 Å². The number of likely N-dealkylation sites (N-methyl/N-ethyl adjacent to an activating group) is 1. The van der Waals surface area contributed by atoms with E-state index in [1.807, 2.05) is 11.9 Å². The Labute approximate surface area is 143 Å². The van der Waals surface area contributed by atoms with E-state index in [0.717, 1.165) is 13.1 Å². The maximum atomic E-state index is 12.2. The molecule has 23 heavy (non-hydrogen) atoms. The van der Waals surface area contributed by atoms with E-state index in [1.165, 1.54) is 32.4 Å². The van der Waals surface area contributed by atoms with E-state index < -0.39 is 0 Å². The highest BCUT2D eigenvalue weighted by Crippen LogP contribution is 2.27. The number of likely N-dealkylation sites (tertiary alicyclic amines) is 1. The first kappa shape index (κ1) is 18.0. The first-order valence-electron chi connectivity index (χ1n) is 8.13. The molecule has 2 rings (SSSR count). The summed E-state index contributed by atoms with van der Waals surface area (Å²) in [6.07, 6.45) is 3.92. The summed E-state index contributed by atoms with van der Waals surface area (Å²) >= 11 is 5.98. The number of ether oxygens (including phenoxy) is 1. The summed E-state index contributed by atoms with van der Waals surface area (Å²) in [7, 11) is 3.54. The van der Waals surface area contributed by atoms with Crippen LogP contribution in [0, 0.1) is 0 Å². The average Bonchev–Trinajstić information content (AvgIpc) is 2.54. The van der Waals surface area contributed by atoms with Gasteiger partial charge < -0.3 is 15.0 Å². The van der Waals surface area contributed by atoms with Gasteiger partial charge in [-0.3, -0.25) is 9.69 Å². The van der Waals surface area contributed by atoms with Gasteiger partial charge in [0, 0.05) is 18.1 Å². The topological polar surface area (TPSA) is 44.8 Å². The molecule has 5 nitrogen and oxygen atoms in total. The van der Waals surface area contributed by atoms with Gasteiger partial charge in [-0.05, 0) is 51.2 Å². The molecule has 6 heteroatoms. The van der Waals surface area contributed by atoms with Crippen molar-refractivity contribution in [1.29, 1.82) is 0 Å². The van der Waals surface area contributed by atoms with Gasteiger partial charge in [0.1, 0.15) is 5.75 Å². The Bertz CT molecular complexity index is 519. The molecule has 1 heterocycles. The van der Waals surface area contributed by atoms with Crippen LogP contribution < -0.4 is 10.1 Å². The van der Waals surface area contributed by atoms with Crippen LogP contribution in [0.4, 0.5) is 5.69 Å². The molecule has 0 aromatic heterocycles. The van der Waals surface area contributed by atoms with Crippen molar-refractivity contribution in [3.63, 3.8) is 0 Å². The molecular weight excluding hydrogens is 314 g/mol. The number of anilines is 1. The van der Waals surface area contributed by atoms with Crippen molar-refractivity contribution >= 4 is 23.2 Å². The SMILES string of the molecule is COc1ccc(Cl)cc1NC(=O)CN(C)CCN1CCCCC1. The highest BCUT2D eigenvalue weighted by molar-refractivity contribution is 6.31. The van der Waals surface area contributed by atoms with Crippen molar-refractivity contribution in [2.24, 2.45) is 0 Å². The minimum atomic E-state index is -0.0632. The Kier molecular flexibility index (Phi) is 7.15. The van der Waals surface area contributed by atoms with Crippen LogP contribution in [-0.4, -0.2) is 62.6 Å². The van der Waals surface area contributed by atoms with Gasteiger partial charge in [-0.15, -0.1) is 0 Å². The third-order valence-electron chi connectivity index (χ3n) is 4.10. The predicted octanol–water partition coefficient (Wildman–Crippen LogP) is 2.70. The van der Waals surface area contributed by atoms with Crippen LogP contribution in [0.25, 0.3) is 0 Å². The number of nitrogens with zero attached hydrogens (tertiary/aromatic N) is 2. The summed E-state index contributed by atoms with van der Waals surface area (Å²) in [5, 5.41) is 3.44. The van der Waals surface area contributed by atoms with Gasteiger partial charge in [0.15, 0.2) is 0 Å². The van der Waals surface area contributed by atoms with Crippen molar-refractivity contribution in [3.8, 4) is 5.75 Å². The fraction of sp³-hybridized carbons (Fsp3) is 0.588. The van der Waals surface area contributed by atoms with Crippen LogP contribution in [0.2, 0.25) is 5.02 Å². The van der Waals surface area contributed by atoms with E-state index in [-0.39, 0.29) is 5.91 Å². The molecule has 0 radical (unpaired) electrons. The molecule has 1 amide bonds. The number of hydrogen-bond acceptors (Lipinski definition) is 4. The lowest BCUT2D eigenvalue weighted by Crippen LogP contribution is -2.39. The van der Waals surface area contributed by atoms with E-state index in [9.17, 15) is 4.79 Å². The number of benzene rings is 1. The number of nitrogens with one attached hydrogen (secondary N) is 1. The highest BCUT2D eigenvalue weighted by Gasteiger charge is 2.13. The van der Waals surface area contributed by atoms with Crippen molar-refractivity contribution in [2.75, 3.05) is 52.2 Å². The number of halogens is 1. The third kappa shape index (κ3) is 6.01. The predicted molar refractivity (Wildman–Crippen MR) is 94.4 cm³/mol. The number of rotatable bonds is 7. The summed E-state index contributed by atoms with van der Waals surface area (Å²) in [5.74, 6) is 0.547. The Morgan fingerprint density at radius 2 is 2.09 bits per heavy atom. The standard InChI is InChI=1S/C17H26ClN3O2/c1-20(10-11-21-8-4-3-5-9-21)13-17(22)19-15-12-14(18)6-7-16(15)23-2/h6-7,12H,3-5,8-11,13H2,1-2H3,(H,19,22). The van der Waals surface area contributed by atoms with E-state index in [4.69, 9.17) is 16.3 Å². The molecule has 1 N–H and O–H groups in total. The molecule has 1 aliphatic rings. The first-order chi connectivity index (χ1) is 11.1. The van der Waals surface area contributed by atoms with Crippen molar-refractivity contribution < 1.29 is 9.53 Å². The molecule has 0 unspecified atom stereocenters. The number of carbonyl (C=O) groups is 1. The summed E-state index contributed by atoms with van der Waals surface area (Å²) in [6, 6.07) is 5.19. The largest absolute Gasteiger partial charge is 0.495 e. The Balaban J connectivity index is 1.78. The van der Waals surface area contributed by atoms with Gasteiger partial charge in [0.25, 0.3) is 0 Å². The summed E-state index contributed by atoms with van der Waals surface area (Å²) < 4.78 is 5.24. The summed E-state index contributed by atoms with van der Waals surface area (Å²) in [4.78, 5) is 16.7. The number of hydrogen-bond donors (Lipinski definition) is 1. The molecule has 1 aliphatic heterocycles. The minimum absolute atomic E-state index is 0.0632. The number of carbonyl (C=O) groups excluding carboxylic acids is 1. The van der Waals surface area contributed by atoms with Crippen molar-refractivity contribution in [3.05, 3.63) is 23.2 Å². The van der Waals surface area contributed by atoms with Crippen molar-refractivity contribution in [1.82, 2.24) is 9.80 Å². The molecule has 0 spiro atoms. The first-order valence-corrected chi connectivity index (χ1v) is 8.50. The van der Waals surface area contributed by atoms with E-state index >= 15 is 0 Å². The van der Waals surface area contributed by atoms with E-state index in [1.54, 1.807) is 25.3 Å². The molecule has 0 bridgehead atoms. The second-order valence-electron chi connectivity index (χ2n) is 6.03. The lowest BCUT2D eigenvalue weighted by molar-refractivity contribution is -0.117. The van der Waals surface area contributed by atoms with Crippen LogP contribution in [0.1, 0.15) is 19.3 Å². The fourth-order valence-electron chi connectivity index (χ4n) is 2.79. The molecule has 1 aromatic carbocycles. The Morgan fingerprint density at radius 3 is 2.78 bits per heavy atom. The number of methoxy groups -OCH3 is 1. The molecule has 0 aliphatic carbocycles. The molecule has 0 atom stereocenters.